The molecular weight excluding hydrogens is 259 g/mol. The molecule has 0 aliphatic heterocycles. The van der Waals surface area contributed by atoms with Gasteiger partial charge in [-0.15, -0.1) is 0 Å². The number of carbonyl (C=O) groups is 1. The number of nitrogens with zero attached hydrogens (tertiary/aromatic N) is 1. The van der Waals surface area contributed by atoms with Crippen LogP contribution in [0.2, 0.25) is 5.02 Å². The lowest BCUT2D eigenvalue weighted by Crippen LogP contribution is -2.14. The smallest absolute Gasteiger partial charge is 0.259 e. The molecule has 1 amide bonds. The zero-order valence-corrected chi connectivity index (χ0v) is 9.78. The van der Waals surface area contributed by atoms with E-state index in [0.717, 1.165) is 6.07 Å². The van der Waals surface area contributed by atoms with E-state index < -0.39 is 11.7 Å². The largest absolute Gasteiger partial charge is 0.508 e. The Morgan fingerprint density at radius 1 is 1.39 bits per heavy atom. The minimum absolute atomic E-state index is 0.150. The summed E-state index contributed by atoms with van der Waals surface area (Å²) in [6.07, 6.45) is 1.45. The van der Waals surface area contributed by atoms with Gasteiger partial charge in [0.15, 0.2) is 5.82 Å². The highest BCUT2D eigenvalue weighted by Gasteiger charge is 2.14. The molecule has 4 nitrogen and oxygen atoms in total. The number of hydrogen-bond donors (Lipinski definition) is 2. The number of benzene rings is 1. The zero-order chi connectivity index (χ0) is 13.1. The molecule has 0 saturated heterocycles. The summed E-state index contributed by atoms with van der Waals surface area (Å²) in [5.41, 5.74) is -0.200. The second-order valence-corrected chi connectivity index (χ2v) is 3.86. The normalized spacial score (nSPS) is 10.1. The molecule has 0 bridgehead atoms. The molecule has 0 saturated carbocycles. The van der Waals surface area contributed by atoms with Crippen molar-refractivity contribution in [3.05, 3.63) is 52.9 Å². The lowest BCUT2D eigenvalue weighted by Gasteiger charge is -2.06. The molecule has 6 heteroatoms. The van der Waals surface area contributed by atoms with Crippen molar-refractivity contribution >= 4 is 23.3 Å². The van der Waals surface area contributed by atoms with Gasteiger partial charge in [-0.1, -0.05) is 11.6 Å². The van der Waals surface area contributed by atoms with Crippen molar-refractivity contribution in [1.29, 1.82) is 0 Å². The van der Waals surface area contributed by atoms with Gasteiger partial charge in [0.25, 0.3) is 5.91 Å². The Hall–Kier alpha value is -2.14. The first-order valence-electron chi connectivity index (χ1n) is 4.98. The quantitative estimate of drug-likeness (QED) is 0.879. The second-order valence-electron chi connectivity index (χ2n) is 3.45. The molecule has 2 aromatic rings. The molecule has 0 aliphatic rings. The SMILES string of the molecule is O=C(Nc1ncccc1Cl)c1ccc(O)cc1F. The highest BCUT2D eigenvalue weighted by atomic mass is 35.5. The van der Waals surface area contributed by atoms with Crippen LogP contribution in [0.25, 0.3) is 0 Å². The van der Waals surface area contributed by atoms with E-state index in [0.29, 0.717) is 0 Å². The number of amides is 1. The maximum absolute atomic E-state index is 13.4. The molecule has 0 spiro atoms. The number of anilines is 1. The number of phenols is 1. The minimum Gasteiger partial charge on any atom is -0.508 e. The Morgan fingerprint density at radius 2 is 2.17 bits per heavy atom. The number of nitrogens with one attached hydrogen (secondary N) is 1. The molecule has 2 rings (SSSR count). The number of aromatic nitrogens is 1. The lowest BCUT2D eigenvalue weighted by molar-refractivity contribution is 0.102. The van der Waals surface area contributed by atoms with Crippen LogP contribution in [0.4, 0.5) is 10.2 Å². The summed E-state index contributed by atoms with van der Waals surface area (Å²) in [6, 6.07) is 6.42. The van der Waals surface area contributed by atoms with Gasteiger partial charge >= 0.3 is 0 Å². The van der Waals surface area contributed by atoms with Crippen LogP contribution in [0.1, 0.15) is 10.4 Å². The van der Waals surface area contributed by atoms with Gasteiger partial charge in [0.1, 0.15) is 11.6 Å². The zero-order valence-electron chi connectivity index (χ0n) is 9.02. The van der Waals surface area contributed by atoms with E-state index in [4.69, 9.17) is 16.7 Å². The summed E-state index contributed by atoms with van der Waals surface area (Å²) in [5, 5.41) is 11.7. The summed E-state index contributed by atoms with van der Waals surface area (Å²) in [6.45, 7) is 0. The number of rotatable bonds is 2. The van der Waals surface area contributed by atoms with Crippen molar-refractivity contribution < 1.29 is 14.3 Å². The number of aromatic hydroxyl groups is 1. The first-order valence-corrected chi connectivity index (χ1v) is 5.36. The van der Waals surface area contributed by atoms with Crippen LogP contribution < -0.4 is 5.32 Å². The van der Waals surface area contributed by atoms with Gasteiger partial charge in [0.05, 0.1) is 10.6 Å². The molecule has 0 unspecified atom stereocenters. The van der Waals surface area contributed by atoms with E-state index >= 15 is 0 Å². The maximum atomic E-state index is 13.4. The average molecular weight is 267 g/mol. The minimum atomic E-state index is -0.820. The van der Waals surface area contributed by atoms with Crippen LogP contribution in [-0.2, 0) is 0 Å². The molecule has 2 N–H and O–H groups in total. The Balaban J connectivity index is 2.25. The van der Waals surface area contributed by atoms with Gasteiger partial charge in [-0.3, -0.25) is 4.79 Å². The van der Waals surface area contributed by atoms with Crippen LogP contribution in [-0.4, -0.2) is 16.0 Å². The molecule has 18 heavy (non-hydrogen) atoms. The first-order chi connectivity index (χ1) is 8.58. The van der Waals surface area contributed by atoms with Gasteiger partial charge in [-0.2, -0.15) is 0 Å². The van der Waals surface area contributed by atoms with E-state index in [-0.39, 0.29) is 22.2 Å². The fourth-order valence-electron chi connectivity index (χ4n) is 1.34. The highest BCUT2D eigenvalue weighted by molar-refractivity contribution is 6.33. The average Bonchev–Trinajstić information content (AvgIpc) is 2.32. The van der Waals surface area contributed by atoms with Crippen molar-refractivity contribution in [1.82, 2.24) is 4.98 Å². The van der Waals surface area contributed by atoms with Gasteiger partial charge in [0, 0.05) is 12.3 Å². The number of carbonyl (C=O) groups excluding carboxylic acids is 1. The summed E-state index contributed by atoms with van der Waals surface area (Å²) in [4.78, 5) is 15.6. The second kappa shape index (κ2) is 5.01. The van der Waals surface area contributed by atoms with Crippen LogP contribution in [0.5, 0.6) is 5.75 Å². The summed E-state index contributed by atoms with van der Waals surface area (Å²) >= 11 is 5.81. The molecule has 1 aromatic heterocycles. The number of hydrogen-bond acceptors (Lipinski definition) is 3. The maximum Gasteiger partial charge on any atom is 0.259 e. The van der Waals surface area contributed by atoms with Crippen molar-refractivity contribution in [2.45, 2.75) is 0 Å². The molecule has 1 aromatic carbocycles. The number of phenolic OH excluding ortho intramolecular Hbond substituents is 1. The number of halogens is 2. The molecule has 0 aliphatic carbocycles. The third kappa shape index (κ3) is 2.57. The molecule has 0 fully saturated rings. The standard InChI is InChI=1S/C12H8ClFN2O2/c13-9-2-1-5-15-11(9)16-12(18)8-4-3-7(17)6-10(8)14/h1-6,17H,(H,15,16,18). The van der Waals surface area contributed by atoms with E-state index in [9.17, 15) is 9.18 Å². The lowest BCUT2D eigenvalue weighted by atomic mass is 10.2. The summed E-state index contributed by atoms with van der Waals surface area (Å²) in [5.74, 6) is -1.61. The van der Waals surface area contributed by atoms with Gasteiger partial charge < -0.3 is 10.4 Å². The predicted octanol–water partition coefficient (Wildman–Crippen LogP) is 2.83. The van der Waals surface area contributed by atoms with Crippen LogP contribution >= 0.6 is 11.6 Å². The Morgan fingerprint density at radius 3 is 2.83 bits per heavy atom. The van der Waals surface area contributed by atoms with Crippen molar-refractivity contribution in [3.63, 3.8) is 0 Å². The predicted molar refractivity (Wildman–Crippen MR) is 65.3 cm³/mol. The molecule has 1 heterocycles. The summed E-state index contributed by atoms with van der Waals surface area (Å²) < 4.78 is 13.4. The van der Waals surface area contributed by atoms with Gasteiger partial charge in [-0.25, -0.2) is 9.37 Å². The van der Waals surface area contributed by atoms with Crippen LogP contribution in [0.3, 0.4) is 0 Å². The first kappa shape index (κ1) is 12.3. The van der Waals surface area contributed by atoms with Crippen molar-refractivity contribution in [2.75, 3.05) is 5.32 Å². The van der Waals surface area contributed by atoms with Gasteiger partial charge in [-0.05, 0) is 24.3 Å². The monoisotopic (exact) mass is 266 g/mol. The number of pyridine rings is 1. The third-order valence-corrected chi connectivity index (χ3v) is 2.49. The fourth-order valence-corrected chi connectivity index (χ4v) is 1.51. The van der Waals surface area contributed by atoms with Crippen molar-refractivity contribution in [3.8, 4) is 5.75 Å². The molecule has 92 valence electrons. The van der Waals surface area contributed by atoms with Crippen LogP contribution in [0.15, 0.2) is 36.5 Å². The third-order valence-electron chi connectivity index (χ3n) is 2.19. The Kier molecular flexibility index (Phi) is 3.43. The fraction of sp³-hybridized carbons (Fsp3) is 0. The van der Waals surface area contributed by atoms with Crippen LogP contribution in [0, 0.1) is 5.82 Å². The Labute approximate surface area is 107 Å². The highest BCUT2D eigenvalue weighted by Crippen LogP contribution is 2.20. The molecule has 0 radical (unpaired) electrons. The molecule has 0 atom stereocenters. The summed E-state index contributed by atoms with van der Waals surface area (Å²) in [7, 11) is 0. The van der Waals surface area contributed by atoms with E-state index in [2.05, 4.69) is 10.3 Å². The van der Waals surface area contributed by atoms with E-state index in [1.807, 2.05) is 0 Å². The van der Waals surface area contributed by atoms with Gasteiger partial charge in [0.2, 0.25) is 0 Å². The van der Waals surface area contributed by atoms with E-state index in [1.54, 1.807) is 12.1 Å². The van der Waals surface area contributed by atoms with E-state index in [1.165, 1.54) is 18.3 Å². The van der Waals surface area contributed by atoms with Crippen molar-refractivity contribution in [2.24, 2.45) is 0 Å². The molecular formula is C12H8ClFN2O2. The topological polar surface area (TPSA) is 62.2 Å². The Bertz CT molecular complexity index is 604.